The summed E-state index contributed by atoms with van der Waals surface area (Å²) >= 11 is 0. The Labute approximate surface area is 203 Å². The molecule has 1 aromatic rings. The van der Waals surface area contributed by atoms with Crippen molar-refractivity contribution >= 4 is 14.4 Å². The maximum absolute atomic E-state index is 11.7. The quantitative estimate of drug-likeness (QED) is 0.117. The molecule has 1 aromatic heterocycles. The van der Waals surface area contributed by atoms with E-state index < -0.39 is 87.1 Å². The minimum absolute atomic E-state index is 0.339. The lowest BCUT2D eigenvalue weighted by Crippen LogP contribution is -2.63. The number of H-pyrrole nitrogens is 1. The predicted molar refractivity (Wildman–Crippen MR) is 117 cm³/mol. The van der Waals surface area contributed by atoms with Crippen LogP contribution in [0.15, 0.2) is 21.9 Å². The molecule has 2 fully saturated rings. The maximum Gasteiger partial charge on any atom is 0.330 e. The van der Waals surface area contributed by atoms with Crippen LogP contribution < -0.4 is 27.8 Å². The Hall–Kier alpha value is -1.90. The highest BCUT2D eigenvalue weighted by Gasteiger charge is 2.54. The Kier molecular flexibility index (Phi) is 10.6. The zero-order chi connectivity index (χ0) is 27.4. The third-order valence-electron chi connectivity index (χ3n) is 5.27. The Morgan fingerprint density at radius 3 is 2.42 bits per heavy atom. The Morgan fingerprint density at radius 1 is 1.25 bits per heavy atom. The molecular formula is C17H30N5O13P. The number of nitrogens with two attached hydrogens (primary N) is 2. The molecule has 206 valence electrons. The van der Waals surface area contributed by atoms with Gasteiger partial charge >= 0.3 is 5.69 Å². The molecule has 0 saturated carbocycles. The van der Waals surface area contributed by atoms with Crippen LogP contribution in [0.25, 0.3) is 0 Å². The van der Waals surface area contributed by atoms with E-state index >= 15 is 0 Å². The van der Waals surface area contributed by atoms with Crippen LogP contribution >= 0.6 is 8.53 Å². The lowest BCUT2D eigenvalue weighted by molar-refractivity contribution is -0.253. The van der Waals surface area contributed by atoms with Crippen molar-refractivity contribution < 1.29 is 54.3 Å². The molecule has 2 aliphatic heterocycles. The molecule has 13 N–H and O–H groups in total. The molecule has 19 heteroatoms. The van der Waals surface area contributed by atoms with Gasteiger partial charge in [-0.1, -0.05) is 0 Å². The highest BCUT2D eigenvalue weighted by atomic mass is 31.2. The SMILES string of the molecule is CC(=O)N[C@H]1C(O)O[C@H](CO)[C@H](O)[C@@H]1O.NP(O)OC[C@H]1O[C@@H](n2ccc(=O)[nH]c2=O)[C@](N)(O)[C@@H]1O. The lowest BCUT2D eigenvalue weighted by Gasteiger charge is -2.40. The smallest absolute Gasteiger partial charge is 0.330 e. The van der Waals surface area contributed by atoms with E-state index in [1.807, 2.05) is 4.98 Å². The third-order valence-corrected chi connectivity index (χ3v) is 5.68. The largest absolute Gasteiger partial charge is 0.394 e. The second-order valence-corrected chi connectivity index (χ2v) is 8.79. The average Bonchev–Trinajstić information content (AvgIpc) is 3.01. The fourth-order valence-electron chi connectivity index (χ4n) is 3.46. The van der Waals surface area contributed by atoms with Gasteiger partial charge in [-0.3, -0.25) is 30.4 Å². The zero-order valence-electron chi connectivity index (χ0n) is 18.8. The summed E-state index contributed by atoms with van der Waals surface area (Å²) in [6.07, 6.45) is -8.34. The van der Waals surface area contributed by atoms with Crippen LogP contribution in [0.1, 0.15) is 13.2 Å². The van der Waals surface area contributed by atoms with Crippen molar-refractivity contribution in [3.05, 3.63) is 33.1 Å². The Morgan fingerprint density at radius 2 is 1.89 bits per heavy atom. The van der Waals surface area contributed by atoms with E-state index in [9.17, 15) is 39.9 Å². The monoisotopic (exact) mass is 543 g/mol. The van der Waals surface area contributed by atoms with Crippen LogP contribution in [0.2, 0.25) is 0 Å². The van der Waals surface area contributed by atoms with Gasteiger partial charge in [0.25, 0.3) is 5.56 Å². The van der Waals surface area contributed by atoms with Crippen LogP contribution in [0.5, 0.6) is 0 Å². The summed E-state index contributed by atoms with van der Waals surface area (Å²) in [5, 5.41) is 59.4. The van der Waals surface area contributed by atoms with Gasteiger partial charge in [-0.2, -0.15) is 0 Å². The summed E-state index contributed by atoms with van der Waals surface area (Å²) in [7, 11) is -2.18. The summed E-state index contributed by atoms with van der Waals surface area (Å²) in [4.78, 5) is 44.3. The fourth-order valence-corrected chi connectivity index (χ4v) is 3.76. The van der Waals surface area contributed by atoms with E-state index in [1.54, 1.807) is 0 Å². The number of hydrogen-bond donors (Lipinski definition) is 11. The number of aromatic amines is 1. The van der Waals surface area contributed by atoms with Crippen molar-refractivity contribution in [2.75, 3.05) is 13.2 Å². The number of nitrogens with zero attached hydrogens (tertiary/aromatic N) is 1. The first kappa shape index (κ1) is 30.3. The molecule has 1 amide bonds. The van der Waals surface area contributed by atoms with Crippen LogP contribution in [-0.2, 0) is 18.8 Å². The molecule has 18 nitrogen and oxygen atoms in total. The van der Waals surface area contributed by atoms with Crippen molar-refractivity contribution in [2.24, 2.45) is 11.2 Å². The van der Waals surface area contributed by atoms with Crippen LogP contribution in [-0.4, -0.2) is 113 Å². The molecule has 0 spiro atoms. The average molecular weight is 543 g/mol. The minimum Gasteiger partial charge on any atom is -0.394 e. The number of ether oxygens (including phenoxy) is 2. The summed E-state index contributed by atoms with van der Waals surface area (Å²) in [5.41, 5.74) is 6.82. The van der Waals surface area contributed by atoms with Gasteiger partial charge in [-0.15, -0.1) is 0 Å². The van der Waals surface area contributed by atoms with E-state index in [2.05, 4.69) is 5.32 Å². The molecule has 0 bridgehead atoms. The van der Waals surface area contributed by atoms with Crippen molar-refractivity contribution in [3.63, 3.8) is 0 Å². The van der Waals surface area contributed by atoms with E-state index in [1.165, 1.54) is 6.92 Å². The molecule has 3 rings (SSSR count). The second kappa shape index (κ2) is 12.6. The van der Waals surface area contributed by atoms with Crippen LogP contribution in [0.4, 0.5) is 0 Å². The first-order valence-electron chi connectivity index (χ1n) is 10.3. The fraction of sp³-hybridized carbons (Fsp3) is 0.706. The molecule has 36 heavy (non-hydrogen) atoms. The van der Waals surface area contributed by atoms with Gasteiger partial charge in [0, 0.05) is 19.2 Å². The van der Waals surface area contributed by atoms with E-state index in [0.29, 0.717) is 0 Å². The maximum atomic E-state index is 11.7. The van der Waals surface area contributed by atoms with Gasteiger partial charge in [0.15, 0.2) is 18.2 Å². The van der Waals surface area contributed by atoms with E-state index in [-0.39, 0.29) is 6.61 Å². The molecule has 2 saturated heterocycles. The van der Waals surface area contributed by atoms with Gasteiger partial charge in [0.2, 0.25) is 14.4 Å². The standard InChI is InChI=1S/C9H15N4O7P.C8H15NO6/c10-9(17)6(15)4(3-19-21(11)18)20-7(9)13-2-1-5(14)12-8(13)16;1-3(11)9-5-7(13)6(12)4(2-10)15-8(5)14/h1-2,4,6-7,15,17-18H,3,10-11H2,(H,12,14,16);4-8,10,12-14H,2H2,1H3,(H,9,11)/t4-,6-,7-,9-,21?;4-,5-,6+,7-,8?/m11/s1. The zero-order valence-corrected chi connectivity index (χ0v) is 19.7. The highest BCUT2D eigenvalue weighted by Crippen LogP contribution is 2.35. The summed E-state index contributed by atoms with van der Waals surface area (Å²) in [6, 6.07) is -0.0653. The van der Waals surface area contributed by atoms with Crippen LogP contribution in [0.3, 0.4) is 0 Å². The van der Waals surface area contributed by atoms with Crippen LogP contribution in [0, 0.1) is 0 Å². The number of aliphatic hydroxyl groups is 6. The predicted octanol–water partition coefficient (Wildman–Crippen LogP) is -6.44. The second-order valence-electron chi connectivity index (χ2n) is 7.93. The number of carbonyl (C=O) groups is 1. The first-order chi connectivity index (χ1) is 16.7. The van der Waals surface area contributed by atoms with Crippen molar-refractivity contribution in [2.45, 2.75) is 61.7 Å². The van der Waals surface area contributed by atoms with Gasteiger partial charge in [0.1, 0.15) is 36.6 Å². The number of aromatic nitrogens is 2. The van der Waals surface area contributed by atoms with Crippen molar-refractivity contribution in [3.8, 4) is 0 Å². The van der Waals surface area contributed by atoms with Gasteiger partial charge in [-0.05, 0) is 0 Å². The molecule has 2 aliphatic rings. The summed E-state index contributed by atoms with van der Waals surface area (Å²) in [6.45, 7) is 0.347. The molecule has 2 unspecified atom stereocenters. The Balaban J connectivity index is 0.000000269. The Bertz CT molecular complexity index is 990. The third kappa shape index (κ3) is 7.11. The number of aliphatic hydroxyl groups excluding tert-OH is 5. The van der Waals surface area contributed by atoms with Gasteiger partial charge < -0.3 is 54.8 Å². The number of amides is 1. The highest BCUT2D eigenvalue weighted by molar-refractivity contribution is 7.43. The number of rotatable bonds is 6. The van der Waals surface area contributed by atoms with Gasteiger partial charge in [0.05, 0.1) is 13.2 Å². The summed E-state index contributed by atoms with van der Waals surface area (Å²) < 4.78 is 15.6. The van der Waals surface area contributed by atoms with E-state index in [0.717, 1.165) is 16.8 Å². The molecular weight excluding hydrogens is 513 g/mol. The number of carbonyl (C=O) groups excluding carboxylic acids is 1. The minimum atomic E-state index is -2.30. The molecule has 0 radical (unpaired) electrons. The normalized spacial score (nSPS) is 37.1. The van der Waals surface area contributed by atoms with Gasteiger partial charge in [-0.25, -0.2) is 4.79 Å². The van der Waals surface area contributed by atoms with Crippen molar-refractivity contribution in [1.82, 2.24) is 14.9 Å². The first-order valence-corrected chi connectivity index (χ1v) is 11.6. The molecule has 0 aliphatic carbocycles. The van der Waals surface area contributed by atoms with E-state index in [4.69, 9.17) is 35.2 Å². The molecule has 0 aromatic carbocycles. The number of hydrogen-bond acceptors (Lipinski definition) is 15. The molecule has 3 heterocycles. The summed E-state index contributed by atoms with van der Waals surface area (Å²) in [5.74, 6) is -0.462. The number of nitrogens with one attached hydrogen (secondary N) is 2. The van der Waals surface area contributed by atoms with Crippen molar-refractivity contribution in [1.29, 1.82) is 0 Å². The molecule has 10 atom stereocenters. The lowest BCUT2D eigenvalue weighted by atomic mass is 9.97. The topological polar surface area (TPSA) is 305 Å².